The molecule has 1 N–H and O–H groups in total. The van der Waals surface area contributed by atoms with Gasteiger partial charge in [-0.1, -0.05) is 13.0 Å². The number of hydrogen-bond donors (Lipinski definition) is 1. The lowest BCUT2D eigenvalue weighted by atomic mass is 10.0. The van der Waals surface area contributed by atoms with Crippen LogP contribution in [0.3, 0.4) is 0 Å². The second-order valence-corrected chi connectivity index (χ2v) is 5.08. The molecule has 1 heterocycles. The van der Waals surface area contributed by atoms with Crippen molar-refractivity contribution in [2.45, 2.75) is 32.2 Å². The lowest BCUT2D eigenvalue weighted by molar-refractivity contribution is 0.0636. The Morgan fingerprint density at radius 2 is 2.05 bits per heavy atom. The van der Waals surface area contributed by atoms with Gasteiger partial charge in [0.2, 0.25) is 0 Å². The second kappa shape index (κ2) is 6.79. The van der Waals surface area contributed by atoms with Crippen LogP contribution in [0.4, 0.5) is 8.78 Å². The van der Waals surface area contributed by atoms with E-state index in [4.69, 9.17) is 0 Å². The first kappa shape index (κ1) is 14.9. The number of carbonyl (C=O) groups excluding carboxylic acids is 1. The zero-order valence-electron chi connectivity index (χ0n) is 11.7. The standard InChI is InChI=1S/C15H20F2N2O/c1-2-10-19(11-6-8-18-9-7-11)15(20)12-4-3-5-13(16)14(12)17/h3-5,11,18H,2,6-10H2,1H3. The van der Waals surface area contributed by atoms with E-state index in [0.717, 1.165) is 38.4 Å². The molecule has 0 spiro atoms. The van der Waals surface area contributed by atoms with E-state index in [1.807, 2.05) is 6.92 Å². The topological polar surface area (TPSA) is 32.3 Å². The Morgan fingerprint density at radius 1 is 1.35 bits per heavy atom. The summed E-state index contributed by atoms with van der Waals surface area (Å²) in [7, 11) is 0. The highest BCUT2D eigenvalue weighted by Crippen LogP contribution is 2.19. The summed E-state index contributed by atoms with van der Waals surface area (Å²) in [6, 6.07) is 3.86. The van der Waals surface area contributed by atoms with Crippen molar-refractivity contribution in [3.8, 4) is 0 Å². The van der Waals surface area contributed by atoms with Crippen LogP contribution in [0.25, 0.3) is 0 Å². The summed E-state index contributed by atoms with van der Waals surface area (Å²) in [5.74, 6) is -2.43. The molecule has 1 fully saturated rings. The summed E-state index contributed by atoms with van der Waals surface area (Å²) in [6.07, 6.45) is 2.50. The van der Waals surface area contributed by atoms with Crippen LogP contribution < -0.4 is 5.32 Å². The highest BCUT2D eigenvalue weighted by atomic mass is 19.2. The number of piperidine rings is 1. The summed E-state index contributed by atoms with van der Waals surface area (Å²) in [5.41, 5.74) is -0.169. The maximum absolute atomic E-state index is 13.8. The van der Waals surface area contributed by atoms with Crippen LogP contribution in [0, 0.1) is 11.6 Å². The molecule has 0 bridgehead atoms. The number of benzene rings is 1. The minimum Gasteiger partial charge on any atom is -0.335 e. The average molecular weight is 282 g/mol. The van der Waals surface area contributed by atoms with Gasteiger partial charge in [-0.05, 0) is 44.5 Å². The van der Waals surface area contributed by atoms with Gasteiger partial charge in [0.25, 0.3) is 5.91 Å². The molecule has 2 rings (SSSR count). The number of rotatable bonds is 4. The van der Waals surface area contributed by atoms with Crippen molar-refractivity contribution in [2.75, 3.05) is 19.6 Å². The van der Waals surface area contributed by atoms with Gasteiger partial charge in [-0.15, -0.1) is 0 Å². The molecule has 110 valence electrons. The van der Waals surface area contributed by atoms with Crippen molar-refractivity contribution in [1.29, 1.82) is 0 Å². The number of nitrogens with one attached hydrogen (secondary N) is 1. The normalized spacial score (nSPS) is 16.1. The highest BCUT2D eigenvalue weighted by molar-refractivity contribution is 5.94. The Morgan fingerprint density at radius 3 is 2.70 bits per heavy atom. The van der Waals surface area contributed by atoms with Gasteiger partial charge in [0.15, 0.2) is 11.6 Å². The predicted octanol–water partition coefficient (Wildman–Crippen LogP) is 2.57. The predicted molar refractivity (Wildman–Crippen MR) is 73.6 cm³/mol. The van der Waals surface area contributed by atoms with Crippen molar-refractivity contribution in [3.05, 3.63) is 35.4 Å². The molecule has 0 aliphatic carbocycles. The zero-order chi connectivity index (χ0) is 14.5. The van der Waals surface area contributed by atoms with E-state index in [9.17, 15) is 13.6 Å². The van der Waals surface area contributed by atoms with Crippen molar-refractivity contribution in [1.82, 2.24) is 10.2 Å². The first-order chi connectivity index (χ1) is 9.65. The summed E-state index contributed by atoms with van der Waals surface area (Å²) in [5, 5.41) is 3.24. The van der Waals surface area contributed by atoms with Crippen molar-refractivity contribution in [2.24, 2.45) is 0 Å². The van der Waals surface area contributed by atoms with Gasteiger partial charge in [0, 0.05) is 12.6 Å². The average Bonchev–Trinajstić information content (AvgIpc) is 2.48. The van der Waals surface area contributed by atoms with E-state index in [0.29, 0.717) is 6.54 Å². The molecule has 3 nitrogen and oxygen atoms in total. The zero-order valence-corrected chi connectivity index (χ0v) is 11.7. The molecule has 1 aromatic carbocycles. The first-order valence-electron chi connectivity index (χ1n) is 7.10. The van der Waals surface area contributed by atoms with Gasteiger partial charge in [0.05, 0.1) is 5.56 Å². The largest absolute Gasteiger partial charge is 0.335 e. The Balaban J connectivity index is 2.23. The maximum atomic E-state index is 13.8. The summed E-state index contributed by atoms with van der Waals surface area (Å²) < 4.78 is 27.1. The molecule has 0 saturated carbocycles. The fourth-order valence-electron chi connectivity index (χ4n) is 2.63. The lowest BCUT2D eigenvalue weighted by Crippen LogP contribution is -2.46. The third-order valence-electron chi connectivity index (χ3n) is 3.66. The van der Waals surface area contributed by atoms with Crippen LogP contribution in [0.1, 0.15) is 36.5 Å². The molecule has 20 heavy (non-hydrogen) atoms. The van der Waals surface area contributed by atoms with Crippen LogP contribution in [0.2, 0.25) is 0 Å². The minimum absolute atomic E-state index is 0.103. The molecule has 0 unspecified atom stereocenters. The fraction of sp³-hybridized carbons (Fsp3) is 0.533. The van der Waals surface area contributed by atoms with Gasteiger partial charge in [-0.25, -0.2) is 8.78 Å². The summed E-state index contributed by atoms with van der Waals surface area (Å²) in [6.45, 7) is 4.25. The van der Waals surface area contributed by atoms with E-state index in [-0.39, 0.29) is 11.6 Å². The second-order valence-electron chi connectivity index (χ2n) is 5.08. The number of hydrogen-bond acceptors (Lipinski definition) is 2. The molecule has 1 aromatic rings. The third kappa shape index (κ3) is 3.15. The quantitative estimate of drug-likeness (QED) is 0.920. The molecule has 1 amide bonds. The van der Waals surface area contributed by atoms with E-state index in [2.05, 4.69) is 5.32 Å². The Kier molecular flexibility index (Phi) is 5.06. The molecular weight excluding hydrogens is 262 g/mol. The van der Waals surface area contributed by atoms with Crippen LogP contribution >= 0.6 is 0 Å². The molecule has 1 aliphatic heterocycles. The van der Waals surface area contributed by atoms with Crippen LogP contribution in [0.15, 0.2) is 18.2 Å². The van der Waals surface area contributed by atoms with E-state index < -0.39 is 17.5 Å². The lowest BCUT2D eigenvalue weighted by Gasteiger charge is -2.34. The molecule has 0 atom stereocenters. The molecule has 0 radical (unpaired) electrons. The van der Waals surface area contributed by atoms with E-state index in [1.165, 1.54) is 12.1 Å². The Labute approximate surface area is 118 Å². The monoisotopic (exact) mass is 282 g/mol. The minimum atomic E-state index is -1.05. The molecule has 0 aromatic heterocycles. The highest BCUT2D eigenvalue weighted by Gasteiger charge is 2.27. The smallest absolute Gasteiger partial charge is 0.257 e. The van der Waals surface area contributed by atoms with Crippen LogP contribution in [-0.2, 0) is 0 Å². The number of amides is 1. The van der Waals surface area contributed by atoms with Gasteiger partial charge in [0.1, 0.15) is 0 Å². The van der Waals surface area contributed by atoms with Gasteiger partial charge in [-0.3, -0.25) is 4.79 Å². The molecule has 1 aliphatic rings. The maximum Gasteiger partial charge on any atom is 0.257 e. The summed E-state index contributed by atoms with van der Waals surface area (Å²) in [4.78, 5) is 14.2. The van der Waals surface area contributed by atoms with E-state index in [1.54, 1.807) is 4.90 Å². The van der Waals surface area contributed by atoms with Gasteiger partial charge >= 0.3 is 0 Å². The Bertz CT molecular complexity index is 473. The molecule has 1 saturated heterocycles. The fourth-order valence-corrected chi connectivity index (χ4v) is 2.63. The Hall–Kier alpha value is -1.49. The molecular formula is C15H20F2N2O. The first-order valence-corrected chi connectivity index (χ1v) is 7.10. The third-order valence-corrected chi connectivity index (χ3v) is 3.66. The number of nitrogens with zero attached hydrogens (tertiary/aromatic N) is 1. The van der Waals surface area contributed by atoms with Crippen molar-refractivity contribution in [3.63, 3.8) is 0 Å². The van der Waals surface area contributed by atoms with Crippen LogP contribution in [0.5, 0.6) is 0 Å². The summed E-state index contributed by atoms with van der Waals surface area (Å²) >= 11 is 0. The van der Waals surface area contributed by atoms with Gasteiger partial charge in [-0.2, -0.15) is 0 Å². The molecule has 5 heteroatoms. The van der Waals surface area contributed by atoms with Crippen LogP contribution in [-0.4, -0.2) is 36.5 Å². The van der Waals surface area contributed by atoms with Gasteiger partial charge < -0.3 is 10.2 Å². The van der Waals surface area contributed by atoms with Crippen molar-refractivity contribution < 1.29 is 13.6 Å². The SMILES string of the molecule is CCCN(C(=O)c1cccc(F)c1F)C1CCNCC1. The van der Waals surface area contributed by atoms with E-state index >= 15 is 0 Å². The number of carbonyl (C=O) groups is 1. The van der Waals surface area contributed by atoms with Crippen molar-refractivity contribution >= 4 is 5.91 Å². The number of halogens is 2.